The minimum absolute atomic E-state index is 0.00587. The van der Waals surface area contributed by atoms with Crippen LogP contribution in [0.25, 0.3) is 10.9 Å². The van der Waals surface area contributed by atoms with E-state index in [1.807, 2.05) is 59.3 Å². The van der Waals surface area contributed by atoms with Crippen LogP contribution < -0.4 is 0 Å². The molecule has 36 heavy (non-hydrogen) atoms. The lowest BCUT2D eigenvalue weighted by Crippen LogP contribution is -2.05. The van der Waals surface area contributed by atoms with Crippen molar-refractivity contribution in [3.05, 3.63) is 114 Å². The van der Waals surface area contributed by atoms with Gasteiger partial charge in [-0.1, -0.05) is 30.3 Å². The first-order valence-corrected chi connectivity index (χ1v) is 11.4. The fourth-order valence-electron chi connectivity index (χ4n) is 4.18. The average molecular weight is 483 g/mol. The molecule has 2 aromatic heterocycles. The summed E-state index contributed by atoms with van der Waals surface area (Å²) in [6.45, 7) is 0.678. The van der Waals surface area contributed by atoms with Gasteiger partial charge in [0, 0.05) is 36.3 Å². The quantitative estimate of drug-likeness (QED) is 0.256. The van der Waals surface area contributed by atoms with Crippen molar-refractivity contribution in [1.29, 1.82) is 0 Å². The lowest BCUT2D eigenvalue weighted by molar-refractivity contribution is -0.136. The molecule has 0 aliphatic carbocycles. The topological polar surface area (TPSA) is 104 Å². The van der Waals surface area contributed by atoms with E-state index in [0.717, 1.165) is 11.1 Å². The third-order valence-electron chi connectivity index (χ3n) is 5.91. The molecule has 0 unspecified atom stereocenters. The van der Waals surface area contributed by atoms with E-state index in [1.165, 1.54) is 12.1 Å². The molecule has 0 fully saturated rings. The number of aliphatic carboxylic acids is 1. The molecule has 3 N–H and O–H groups in total. The van der Waals surface area contributed by atoms with Crippen molar-refractivity contribution >= 4 is 28.3 Å². The van der Waals surface area contributed by atoms with Gasteiger partial charge < -0.3 is 19.8 Å². The Balaban J connectivity index is 1.59. The number of aliphatic imine (C=N–C) groups is 1. The normalized spacial score (nSPS) is 11.8. The molecule has 5 aromatic rings. The van der Waals surface area contributed by atoms with Crippen molar-refractivity contribution in [3.8, 4) is 5.88 Å². The van der Waals surface area contributed by atoms with Gasteiger partial charge in [0.25, 0.3) is 0 Å². The number of nitrogens with one attached hydrogen (secondary N) is 1. The molecule has 0 bridgehead atoms. The molecule has 0 aliphatic heterocycles. The maximum atomic E-state index is 13.8. The summed E-state index contributed by atoms with van der Waals surface area (Å²) < 4.78 is 15.8. The van der Waals surface area contributed by atoms with Crippen molar-refractivity contribution in [2.45, 2.75) is 19.4 Å². The van der Waals surface area contributed by atoms with E-state index in [2.05, 4.69) is 9.97 Å². The van der Waals surface area contributed by atoms with Crippen LogP contribution in [0.1, 0.15) is 28.7 Å². The maximum absolute atomic E-state index is 13.8. The van der Waals surface area contributed by atoms with Crippen LogP contribution in [0.3, 0.4) is 0 Å². The number of carboxylic acid groups (broad SMARTS) is 1. The van der Waals surface area contributed by atoms with Gasteiger partial charge in [0.05, 0.1) is 28.8 Å². The van der Waals surface area contributed by atoms with Crippen LogP contribution in [0.15, 0.2) is 90.4 Å². The number of aromatic nitrogens is 3. The van der Waals surface area contributed by atoms with E-state index in [1.54, 1.807) is 18.6 Å². The average Bonchev–Trinajstić information content (AvgIpc) is 3.49. The SMILES string of the molecule is O=C(O)CCc1cccc(C(=Nc2ccc(Cn3ccnc3)cc2)c2c(O)[nH]c3cc(F)ccc23)c1. The summed E-state index contributed by atoms with van der Waals surface area (Å²) >= 11 is 0. The zero-order valence-corrected chi connectivity index (χ0v) is 19.2. The number of fused-ring (bicyclic) bond motifs is 1. The number of hydrogen-bond donors (Lipinski definition) is 3. The number of nitrogens with zero attached hydrogens (tertiary/aromatic N) is 3. The summed E-state index contributed by atoms with van der Waals surface area (Å²) in [5.74, 6) is -1.42. The van der Waals surface area contributed by atoms with Crippen molar-refractivity contribution in [2.75, 3.05) is 0 Å². The molecule has 0 saturated heterocycles. The van der Waals surface area contributed by atoms with Crippen LogP contribution in [0.4, 0.5) is 10.1 Å². The van der Waals surface area contributed by atoms with Gasteiger partial charge >= 0.3 is 5.97 Å². The van der Waals surface area contributed by atoms with Gasteiger partial charge in [-0.25, -0.2) is 14.4 Å². The second-order valence-corrected chi connectivity index (χ2v) is 8.49. The Hall–Kier alpha value is -4.72. The summed E-state index contributed by atoms with van der Waals surface area (Å²) in [6, 6.07) is 19.4. The molecule has 0 amide bonds. The van der Waals surface area contributed by atoms with Crippen molar-refractivity contribution < 1.29 is 19.4 Å². The van der Waals surface area contributed by atoms with Crippen LogP contribution in [0, 0.1) is 5.82 Å². The van der Waals surface area contributed by atoms with E-state index in [4.69, 9.17) is 10.1 Å². The summed E-state index contributed by atoms with van der Waals surface area (Å²) in [5, 5.41) is 20.5. The van der Waals surface area contributed by atoms with E-state index in [-0.39, 0.29) is 12.3 Å². The fraction of sp³-hybridized carbons (Fsp3) is 0.107. The number of H-pyrrole nitrogens is 1. The monoisotopic (exact) mass is 482 g/mol. The molecule has 0 radical (unpaired) electrons. The predicted molar refractivity (Wildman–Crippen MR) is 135 cm³/mol. The lowest BCUT2D eigenvalue weighted by Gasteiger charge is -2.10. The number of benzene rings is 3. The molecule has 0 spiro atoms. The highest BCUT2D eigenvalue weighted by molar-refractivity contribution is 6.21. The number of halogens is 1. The second-order valence-electron chi connectivity index (χ2n) is 8.49. The van der Waals surface area contributed by atoms with Gasteiger partial charge in [0.2, 0.25) is 0 Å². The molecule has 5 rings (SSSR count). The summed E-state index contributed by atoms with van der Waals surface area (Å²) in [4.78, 5) is 22.9. The fourth-order valence-corrected chi connectivity index (χ4v) is 4.18. The zero-order chi connectivity index (χ0) is 25.1. The zero-order valence-electron chi connectivity index (χ0n) is 19.2. The number of aryl methyl sites for hydroxylation is 1. The minimum Gasteiger partial charge on any atom is -0.494 e. The summed E-state index contributed by atoms with van der Waals surface area (Å²) in [7, 11) is 0. The first-order chi connectivity index (χ1) is 17.5. The van der Waals surface area contributed by atoms with Crippen LogP contribution in [-0.2, 0) is 17.8 Å². The Kier molecular flexibility index (Phi) is 6.32. The second kappa shape index (κ2) is 9.87. The Bertz CT molecular complexity index is 1550. The van der Waals surface area contributed by atoms with Crippen molar-refractivity contribution in [1.82, 2.24) is 14.5 Å². The number of aromatic amines is 1. The third kappa shape index (κ3) is 5.02. The highest BCUT2D eigenvalue weighted by atomic mass is 19.1. The number of imidazole rings is 1. The minimum atomic E-state index is -0.874. The number of aromatic hydroxyl groups is 1. The van der Waals surface area contributed by atoms with Crippen molar-refractivity contribution in [2.24, 2.45) is 4.99 Å². The number of carboxylic acids is 1. The molecule has 3 aromatic carbocycles. The molecule has 0 aliphatic rings. The molecule has 180 valence electrons. The van der Waals surface area contributed by atoms with Gasteiger partial charge in [0.15, 0.2) is 5.88 Å². The van der Waals surface area contributed by atoms with E-state index >= 15 is 0 Å². The molecular weight excluding hydrogens is 459 g/mol. The van der Waals surface area contributed by atoms with Gasteiger partial charge in [-0.3, -0.25) is 4.79 Å². The van der Waals surface area contributed by atoms with Crippen LogP contribution in [0.2, 0.25) is 0 Å². The first-order valence-electron chi connectivity index (χ1n) is 11.4. The van der Waals surface area contributed by atoms with E-state index < -0.39 is 11.8 Å². The third-order valence-corrected chi connectivity index (χ3v) is 5.91. The Morgan fingerprint density at radius 3 is 2.64 bits per heavy atom. The summed E-state index contributed by atoms with van der Waals surface area (Å²) in [5.41, 5.74) is 4.69. The van der Waals surface area contributed by atoms with Crippen LogP contribution in [0.5, 0.6) is 5.88 Å². The Morgan fingerprint density at radius 1 is 1.06 bits per heavy atom. The van der Waals surface area contributed by atoms with Gasteiger partial charge in [-0.2, -0.15) is 0 Å². The van der Waals surface area contributed by atoms with Gasteiger partial charge in [-0.15, -0.1) is 0 Å². The molecule has 2 heterocycles. The maximum Gasteiger partial charge on any atom is 0.303 e. The molecule has 8 heteroatoms. The summed E-state index contributed by atoms with van der Waals surface area (Å²) in [6.07, 6.45) is 5.75. The number of rotatable bonds is 8. The molecule has 7 nitrogen and oxygen atoms in total. The van der Waals surface area contributed by atoms with Crippen LogP contribution >= 0.6 is 0 Å². The van der Waals surface area contributed by atoms with Crippen molar-refractivity contribution in [3.63, 3.8) is 0 Å². The molecule has 0 saturated carbocycles. The van der Waals surface area contributed by atoms with Gasteiger partial charge in [-0.05, 0) is 53.9 Å². The predicted octanol–water partition coefficient (Wildman–Crippen LogP) is 5.44. The number of carbonyl (C=O) groups is 1. The number of hydrogen-bond acceptors (Lipinski definition) is 4. The Labute approximate surface area is 206 Å². The van der Waals surface area contributed by atoms with Crippen LogP contribution in [-0.4, -0.2) is 36.4 Å². The molecule has 0 atom stereocenters. The largest absolute Gasteiger partial charge is 0.494 e. The lowest BCUT2D eigenvalue weighted by atomic mass is 9.97. The highest BCUT2D eigenvalue weighted by Gasteiger charge is 2.19. The highest BCUT2D eigenvalue weighted by Crippen LogP contribution is 2.32. The van der Waals surface area contributed by atoms with E-state index in [0.29, 0.717) is 46.4 Å². The first kappa shape index (κ1) is 23.0. The standard InChI is InChI=1S/C28H23FN4O3/c29-21-7-10-23-24(15-21)32-28(36)26(23)27(20-3-1-2-18(14-20)6-11-25(34)35)31-22-8-4-19(5-9-22)16-33-13-12-30-17-33/h1-5,7-10,12-15,17,32,36H,6,11,16H2,(H,34,35). The Morgan fingerprint density at radius 2 is 1.89 bits per heavy atom. The molecular formula is C28H23FN4O3. The van der Waals surface area contributed by atoms with Gasteiger partial charge in [0.1, 0.15) is 5.82 Å². The smallest absolute Gasteiger partial charge is 0.303 e. The van der Waals surface area contributed by atoms with E-state index in [9.17, 15) is 14.3 Å².